The Labute approximate surface area is 227 Å². The van der Waals surface area contributed by atoms with E-state index in [0.717, 1.165) is 52.3 Å². The van der Waals surface area contributed by atoms with Crippen LogP contribution in [0, 0.1) is 11.7 Å². The number of hydrogen-bond acceptors (Lipinski definition) is 6. The Kier molecular flexibility index (Phi) is 6.60. The van der Waals surface area contributed by atoms with E-state index in [0.29, 0.717) is 31.2 Å². The van der Waals surface area contributed by atoms with Gasteiger partial charge in [-0.3, -0.25) is 4.99 Å². The first-order valence-electron chi connectivity index (χ1n) is 13.3. The number of ether oxygens (including phenoxy) is 1. The first kappa shape index (κ1) is 24.9. The SMILES string of the molecule is CCC1C=CN=C(C)C(Cc2ccc(F)cc2)=C1N1CCOc2ccc(-c3ccc4[nH]c(N)nc4n3)cc2C1. The lowest BCUT2D eigenvalue weighted by molar-refractivity contribution is 0.249. The average Bonchev–Trinajstić information content (AvgIpc) is 3.08. The molecule has 0 radical (unpaired) electrons. The Hall–Kier alpha value is -4.46. The molecule has 2 aliphatic rings. The molecule has 4 aromatic rings. The lowest BCUT2D eigenvalue weighted by Gasteiger charge is -2.32. The molecule has 1 atom stereocenters. The zero-order valence-electron chi connectivity index (χ0n) is 22.1. The van der Waals surface area contributed by atoms with E-state index >= 15 is 0 Å². The number of anilines is 1. The number of aromatic amines is 1. The number of nitrogens with zero attached hydrogens (tertiary/aromatic N) is 4. The highest BCUT2D eigenvalue weighted by Crippen LogP contribution is 2.35. The number of nitrogens with one attached hydrogen (secondary N) is 1. The number of halogens is 1. The van der Waals surface area contributed by atoms with Gasteiger partial charge in [0, 0.05) is 47.6 Å². The van der Waals surface area contributed by atoms with Gasteiger partial charge in [-0.05, 0) is 66.9 Å². The van der Waals surface area contributed by atoms with Crippen LogP contribution in [0.25, 0.3) is 22.4 Å². The molecule has 2 aliphatic heterocycles. The molecule has 0 spiro atoms. The Morgan fingerprint density at radius 2 is 1.95 bits per heavy atom. The van der Waals surface area contributed by atoms with Crippen LogP contribution in [0.4, 0.5) is 10.3 Å². The van der Waals surface area contributed by atoms with Crippen LogP contribution in [-0.4, -0.2) is 38.7 Å². The predicted octanol–water partition coefficient (Wildman–Crippen LogP) is 6.05. The minimum Gasteiger partial charge on any atom is -0.491 e. The van der Waals surface area contributed by atoms with Gasteiger partial charge in [0.15, 0.2) is 11.6 Å². The lowest BCUT2D eigenvalue weighted by atomic mass is 9.91. The maximum atomic E-state index is 13.6. The first-order chi connectivity index (χ1) is 19.0. The molecule has 0 saturated carbocycles. The van der Waals surface area contributed by atoms with E-state index in [1.54, 1.807) is 0 Å². The first-order valence-corrected chi connectivity index (χ1v) is 13.3. The van der Waals surface area contributed by atoms with E-state index in [1.165, 1.54) is 23.4 Å². The van der Waals surface area contributed by atoms with E-state index in [9.17, 15) is 4.39 Å². The van der Waals surface area contributed by atoms with Crippen molar-refractivity contribution in [1.29, 1.82) is 0 Å². The topological polar surface area (TPSA) is 92.4 Å². The van der Waals surface area contributed by atoms with Gasteiger partial charge in [-0.2, -0.15) is 4.98 Å². The summed E-state index contributed by atoms with van der Waals surface area (Å²) < 4.78 is 19.8. The van der Waals surface area contributed by atoms with Crippen molar-refractivity contribution >= 4 is 22.8 Å². The summed E-state index contributed by atoms with van der Waals surface area (Å²) in [7, 11) is 0. The number of nitrogen functional groups attached to an aromatic ring is 1. The van der Waals surface area contributed by atoms with Crippen LogP contribution >= 0.6 is 0 Å². The highest BCUT2D eigenvalue weighted by atomic mass is 19.1. The van der Waals surface area contributed by atoms with Crippen molar-refractivity contribution in [3.63, 3.8) is 0 Å². The van der Waals surface area contributed by atoms with Crippen LogP contribution in [-0.2, 0) is 13.0 Å². The van der Waals surface area contributed by atoms with Gasteiger partial charge in [0.2, 0.25) is 0 Å². The zero-order chi connectivity index (χ0) is 26.9. The molecule has 2 aromatic heterocycles. The molecule has 0 aliphatic carbocycles. The lowest BCUT2D eigenvalue weighted by Crippen LogP contribution is -2.31. The quantitative estimate of drug-likeness (QED) is 0.333. The standard InChI is InChI=1S/C31H31FN6O/c1-3-21-12-13-34-19(2)25(16-20-4-7-24(32)8-5-20)29(21)38-14-15-39-28-11-6-22(17-23(28)18-38)26-9-10-27-30(35-26)37-31(33)36-27/h4-13,17,21H,3,14-16,18H2,1-2H3,(H3,33,35,36,37). The van der Waals surface area contributed by atoms with Crippen molar-refractivity contribution in [2.45, 2.75) is 33.2 Å². The summed E-state index contributed by atoms with van der Waals surface area (Å²) in [6, 6.07) is 16.9. The molecule has 3 N–H and O–H groups in total. The fraction of sp³-hybridized carbons (Fsp3) is 0.258. The maximum Gasteiger partial charge on any atom is 0.200 e. The molecular weight excluding hydrogens is 491 g/mol. The number of nitrogens with two attached hydrogens (primary N) is 1. The number of rotatable bonds is 5. The normalized spacial score (nSPS) is 17.5. The summed E-state index contributed by atoms with van der Waals surface area (Å²) in [5, 5.41) is 0. The molecular formula is C31H31FN6O. The number of pyridine rings is 1. The van der Waals surface area contributed by atoms with Crippen molar-refractivity contribution in [1.82, 2.24) is 19.9 Å². The number of aromatic nitrogens is 3. The number of H-pyrrole nitrogens is 1. The molecule has 198 valence electrons. The van der Waals surface area contributed by atoms with Crippen LogP contribution in [0.3, 0.4) is 0 Å². The largest absolute Gasteiger partial charge is 0.491 e. The van der Waals surface area contributed by atoms with Crippen LogP contribution in [0.1, 0.15) is 31.4 Å². The van der Waals surface area contributed by atoms with Crippen molar-refractivity contribution in [2.24, 2.45) is 10.9 Å². The van der Waals surface area contributed by atoms with E-state index in [-0.39, 0.29) is 11.7 Å². The van der Waals surface area contributed by atoms with Gasteiger partial charge in [0.25, 0.3) is 0 Å². The Morgan fingerprint density at radius 1 is 1.10 bits per heavy atom. The minimum absolute atomic E-state index is 0.209. The molecule has 39 heavy (non-hydrogen) atoms. The third-order valence-corrected chi connectivity index (χ3v) is 7.46. The molecule has 0 bridgehead atoms. The number of fused-ring (bicyclic) bond motifs is 2. The number of hydrogen-bond donors (Lipinski definition) is 2. The molecule has 4 heterocycles. The zero-order valence-corrected chi connectivity index (χ0v) is 22.1. The maximum absolute atomic E-state index is 13.6. The smallest absolute Gasteiger partial charge is 0.200 e. The molecule has 0 saturated heterocycles. The number of aliphatic imine (C=N–C) groups is 1. The van der Waals surface area contributed by atoms with Crippen molar-refractivity contribution in [3.8, 4) is 17.0 Å². The molecule has 1 unspecified atom stereocenters. The third-order valence-electron chi connectivity index (χ3n) is 7.46. The summed E-state index contributed by atoms with van der Waals surface area (Å²) in [5.74, 6) is 1.22. The molecule has 0 amide bonds. The van der Waals surface area contributed by atoms with Gasteiger partial charge >= 0.3 is 0 Å². The Morgan fingerprint density at radius 3 is 2.77 bits per heavy atom. The van der Waals surface area contributed by atoms with Gasteiger partial charge < -0.3 is 20.4 Å². The fourth-order valence-electron chi connectivity index (χ4n) is 5.45. The molecule has 7 nitrogen and oxygen atoms in total. The molecule has 6 rings (SSSR count). The summed E-state index contributed by atoms with van der Waals surface area (Å²) >= 11 is 0. The summed E-state index contributed by atoms with van der Waals surface area (Å²) in [5.41, 5.74) is 14.6. The Bertz CT molecular complexity index is 1620. The summed E-state index contributed by atoms with van der Waals surface area (Å²) in [6.45, 7) is 6.29. The number of benzene rings is 2. The van der Waals surface area contributed by atoms with Crippen LogP contribution in [0.5, 0.6) is 5.75 Å². The highest BCUT2D eigenvalue weighted by Gasteiger charge is 2.27. The van der Waals surface area contributed by atoms with Crippen LogP contribution < -0.4 is 10.5 Å². The van der Waals surface area contributed by atoms with E-state index < -0.39 is 0 Å². The fourth-order valence-corrected chi connectivity index (χ4v) is 5.45. The average molecular weight is 523 g/mol. The van der Waals surface area contributed by atoms with Gasteiger partial charge in [0.05, 0.1) is 17.8 Å². The second kappa shape index (κ2) is 10.4. The number of imidazole rings is 1. The monoisotopic (exact) mass is 522 g/mol. The van der Waals surface area contributed by atoms with E-state index in [1.807, 2.05) is 42.6 Å². The second-order valence-corrected chi connectivity index (χ2v) is 10.0. The van der Waals surface area contributed by atoms with Gasteiger partial charge in [-0.1, -0.05) is 25.1 Å². The summed E-state index contributed by atoms with van der Waals surface area (Å²) in [6.07, 6.45) is 5.74. The van der Waals surface area contributed by atoms with Crippen molar-refractivity contribution in [3.05, 3.63) is 95.1 Å². The molecule has 0 fully saturated rings. The molecule has 2 aromatic carbocycles. The van der Waals surface area contributed by atoms with E-state index in [2.05, 4.69) is 40.9 Å². The predicted molar refractivity (Wildman–Crippen MR) is 153 cm³/mol. The van der Waals surface area contributed by atoms with Crippen molar-refractivity contribution < 1.29 is 9.13 Å². The summed E-state index contributed by atoms with van der Waals surface area (Å²) in [4.78, 5) is 19.2. The van der Waals surface area contributed by atoms with Gasteiger partial charge in [0.1, 0.15) is 18.2 Å². The third kappa shape index (κ3) is 5.02. The van der Waals surface area contributed by atoms with Gasteiger partial charge in [-0.25, -0.2) is 9.37 Å². The van der Waals surface area contributed by atoms with Gasteiger partial charge in [-0.15, -0.1) is 0 Å². The molecule has 8 heteroatoms. The second-order valence-electron chi connectivity index (χ2n) is 10.0. The highest BCUT2D eigenvalue weighted by molar-refractivity contribution is 6.00. The van der Waals surface area contributed by atoms with Crippen molar-refractivity contribution in [2.75, 3.05) is 18.9 Å². The van der Waals surface area contributed by atoms with E-state index in [4.69, 9.17) is 20.4 Å². The number of allylic oxidation sites excluding steroid dienone is 2. The van der Waals surface area contributed by atoms with Crippen LogP contribution in [0.15, 0.2) is 83.1 Å². The van der Waals surface area contributed by atoms with Crippen LogP contribution in [0.2, 0.25) is 0 Å². The Balaban J connectivity index is 1.39. The minimum atomic E-state index is -0.228.